The normalized spacial score (nSPS) is 16.5. The molecule has 24 heavy (non-hydrogen) atoms. The smallest absolute Gasteiger partial charge is 0.264 e. The summed E-state index contributed by atoms with van der Waals surface area (Å²) in [6, 6.07) is 1.79. The van der Waals surface area contributed by atoms with E-state index in [1.54, 1.807) is 11.3 Å². The van der Waals surface area contributed by atoms with Crippen LogP contribution in [0.15, 0.2) is 6.07 Å². The Labute approximate surface area is 148 Å². The summed E-state index contributed by atoms with van der Waals surface area (Å²) >= 11 is 1.57. The van der Waals surface area contributed by atoms with Crippen LogP contribution >= 0.6 is 11.3 Å². The first-order chi connectivity index (χ1) is 11.5. The van der Waals surface area contributed by atoms with Crippen LogP contribution in [0.5, 0.6) is 0 Å². The maximum absolute atomic E-state index is 12.6. The molecule has 1 aromatic heterocycles. The average molecular weight is 347 g/mol. The van der Waals surface area contributed by atoms with E-state index in [1.165, 1.54) is 10.4 Å². The van der Waals surface area contributed by atoms with E-state index in [1.807, 2.05) is 17.9 Å². The van der Waals surface area contributed by atoms with E-state index in [9.17, 15) is 9.59 Å². The highest BCUT2D eigenvalue weighted by atomic mass is 32.1. The van der Waals surface area contributed by atoms with Crippen molar-refractivity contribution in [3.63, 3.8) is 0 Å². The topological polar surface area (TPSA) is 52.7 Å². The SMILES string of the molecule is C#CCNC(=O)C(C)N1CCN(C(=O)c2cc(CC)c(C)s2)CC1. The third kappa shape index (κ3) is 4.16. The van der Waals surface area contributed by atoms with Gasteiger partial charge in [0.15, 0.2) is 0 Å². The number of carbonyl (C=O) groups is 2. The molecule has 2 rings (SSSR count). The fraction of sp³-hybridized carbons (Fsp3) is 0.556. The first-order valence-electron chi connectivity index (χ1n) is 8.31. The molecule has 0 radical (unpaired) electrons. The van der Waals surface area contributed by atoms with Gasteiger partial charge in [-0.3, -0.25) is 14.5 Å². The van der Waals surface area contributed by atoms with Crippen molar-refractivity contribution >= 4 is 23.2 Å². The zero-order chi connectivity index (χ0) is 17.7. The minimum absolute atomic E-state index is 0.0609. The minimum atomic E-state index is -0.230. The first kappa shape index (κ1) is 18.5. The number of aryl methyl sites for hydroxylation is 2. The van der Waals surface area contributed by atoms with Gasteiger partial charge in [0.2, 0.25) is 5.91 Å². The lowest BCUT2D eigenvalue weighted by Crippen LogP contribution is -2.54. The van der Waals surface area contributed by atoms with Gasteiger partial charge in [-0.15, -0.1) is 17.8 Å². The molecule has 6 heteroatoms. The van der Waals surface area contributed by atoms with Crippen molar-refractivity contribution in [2.45, 2.75) is 33.2 Å². The summed E-state index contributed by atoms with van der Waals surface area (Å²) in [5.41, 5.74) is 1.25. The Kier molecular flexibility index (Phi) is 6.41. The highest BCUT2D eigenvalue weighted by Gasteiger charge is 2.28. The predicted molar refractivity (Wildman–Crippen MR) is 97.2 cm³/mol. The third-order valence-electron chi connectivity index (χ3n) is 4.51. The molecule has 2 heterocycles. The number of thiophene rings is 1. The van der Waals surface area contributed by atoms with Gasteiger partial charge in [-0.1, -0.05) is 12.8 Å². The maximum atomic E-state index is 12.6. The molecule has 1 N–H and O–H groups in total. The molecule has 1 aliphatic rings. The molecule has 1 fully saturated rings. The average Bonchev–Trinajstić information content (AvgIpc) is 2.99. The molecular weight excluding hydrogens is 322 g/mol. The van der Waals surface area contributed by atoms with Gasteiger partial charge in [0, 0.05) is 31.1 Å². The standard InChI is InChI=1S/C18H25N3O2S/c1-5-7-19-17(22)13(3)20-8-10-21(11-9-20)18(23)16-12-15(6-2)14(4)24-16/h1,12-13H,6-11H2,2-4H3,(H,19,22). The van der Waals surface area contributed by atoms with Crippen LogP contribution in [0.1, 0.15) is 34.0 Å². The summed E-state index contributed by atoms with van der Waals surface area (Å²) in [6.07, 6.45) is 6.12. The number of nitrogens with zero attached hydrogens (tertiary/aromatic N) is 2. The molecule has 0 saturated carbocycles. The maximum Gasteiger partial charge on any atom is 0.264 e. The molecule has 0 aliphatic carbocycles. The monoisotopic (exact) mass is 347 g/mol. The molecular formula is C18H25N3O2S. The number of hydrogen-bond acceptors (Lipinski definition) is 4. The zero-order valence-corrected chi connectivity index (χ0v) is 15.4. The van der Waals surface area contributed by atoms with E-state index in [2.05, 4.69) is 30.0 Å². The summed E-state index contributed by atoms with van der Waals surface area (Å²) in [6.45, 7) is 8.97. The summed E-state index contributed by atoms with van der Waals surface area (Å²) < 4.78 is 0. The molecule has 130 valence electrons. The Balaban J connectivity index is 1.91. The molecule has 5 nitrogen and oxygen atoms in total. The molecule has 1 aromatic rings. The van der Waals surface area contributed by atoms with Crippen molar-refractivity contribution in [3.05, 3.63) is 21.4 Å². The van der Waals surface area contributed by atoms with Crippen LogP contribution in [0.3, 0.4) is 0 Å². The van der Waals surface area contributed by atoms with Crippen molar-refractivity contribution in [3.8, 4) is 12.3 Å². The molecule has 1 saturated heterocycles. The second kappa shape index (κ2) is 8.32. The Morgan fingerprint density at radius 3 is 2.58 bits per heavy atom. The van der Waals surface area contributed by atoms with Crippen LogP contribution in [0, 0.1) is 19.3 Å². The fourth-order valence-corrected chi connectivity index (χ4v) is 3.98. The Morgan fingerprint density at radius 2 is 2.04 bits per heavy atom. The van der Waals surface area contributed by atoms with Gasteiger partial charge in [-0.25, -0.2) is 0 Å². The minimum Gasteiger partial charge on any atom is -0.344 e. The van der Waals surface area contributed by atoms with E-state index in [0.29, 0.717) is 26.2 Å². The van der Waals surface area contributed by atoms with Crippen LogP contribution in [0.4, 0.5) is 0 Å². The van der Waals surface area contributed by atoms with E-state index in [4.69, 9.17) is 6.42 Å². The Bertz CT molecular complexity index is 639. The number of carbonyl (C=O) groups excluding carboxylic acids is 2. The van der Waals surface area contributed by atoms with Gasteiger partial charge in [0.25, 0.3) is 5.91 Å². The predicted octanol–water partition coefficient (Wildman–Crippen LogP) is 1.51. The van der Waals surface area contributed by atoms with Crippen LogP contribution < -0.4 is 5.32 Å². The first-order valence-corrected chi connectivity index (χ1v) is 9.13. The van der Waals surface area contributed by atoms with Crippen molar-refractivity contribution in [2.75, 3.05) is 32.7 Å². The number of terminal acetylenes is 1. The highest BCUT2D eigenvalue weighted by molar-refractivity contribution is 7.14. The van der Waals surface area contributed by atoms with Gasteiger partial charge >= 0.3 is 0 Å². The van der Waals surface area contributed by atoms with Crippen molar-refractivity contribution in [2.24, 2.45) is 0 Å². The zero-order valence-electron chi connectivity index (χ0n) is 14.6. The summed E-state index contributed by atoms with van der Waals surface area (Å²) in [5, 5.41) is 2.71. The lowest BCUT2D eigenvalue weighted by molar-refractivity contribution is -0.126. The van der Waals surface area contributed by atoms with Crippen molar-refractivity contribution in [1.29, 1.82) is 0 Å². The van der Waals surface area contributed by atoms with Gasteiger partial charge in [0.05, 0.1) is 17.5 Å². The summed E-state index contributed by atoms with van der Waals surface area (Å²) in [5.74, 6) is 2.45. The quantitative estimate of drug-likeness (QED) is 0.822. The van der Waals surface area contributed by atoms with Crippen LogP contribution in [0.2, 0.25) is 0 Å². The van der Waals surface area contributed by atoms with Gasteiger partial charge < -0.3 is 10.2 Å². The molecule has 0 spiro atoms. The summed E-state index contributed by atoms with van der Waals surface area (Å²) in [4.78, 5) is 30.6. The molecule has 0 bridgehead atoms. The summed E-state index contributed by atoms with van der Waals surface area (Å²) in [7, 11) is 0. The van der Waals surface area contributed by atoms with Crippen LogP contribution in [-0.2, 0) is 11.2 Å². The van der Waals surface area contributed by atoms with E-state index in [-0.39, 0.29) is 24.4 Å². The van der Waals surface area contributed by atoms with Gasteiger partial charge in [-0.05, 0) is 31.9 Å². The number of piperazine rings is 1. The molecule has 1 atom stereocenters. The van der Waals surface area contributed by atoms with Gasteiger partial charge in [0.1, 0.15) is 0 Å². The Morgan fingerprint density at radius 1 is 1.38 bits per heavy atom. The largest absolute Gasteiger partial charge is 0.344 e. The fourth-order valence-electron chi connectivity index (χ4n) is 2.90. The van der Waals surface area contributed by atoms with Crippen LogP contribution in [0.25, 0.3) is 0 Å². The van der Waals surface area contributed by atoms with E-state index in [0.717, 1.165) is 11.3 Å². The second-order valence-electron chi connectivity index (χ2n) is 5.97. The lowest BCUT2D eigenvalue weighted by atomic mass is 10.2. The van der Waals surface area contributed by atoms with Crippen molar-refractivity contribution in [1.82, 2.24) is 15.1 Å². The van der Waals surface area contributed by atoms with E-state index < -0.39 is 0 Å². The molecule has 0 aromatic carbocycles. The Hall–Kier alpha value is -1.84. The third-order valence-corrected chi connectivity index (χ3v) is 5.59. The second-order valence-corrected chi connectivity index (χ2v) is 7.23. The van der Waals surface area contributed by atoms with E-state index >= 15 is 0 Å². The lowest BCUT2D eigenvalue weighted by Gasteiger charge is -2.37. The number of amides is 2. The highest BCUT2D eigenvalue weighted by Crippen LogP contribution is 2.24. The molecule has 1 aliphatic heterocycles. The number of rotatable bonds is 5. The van der Waals surface area contributed by atoms with Crippen molar-refractivity contribution < 1.29 is 9.59 Å². The van der Waals surface area contributed by atoms with Gasteiger partial charge in [-0.2, -0.15) is 0 Å². The molecule has 2 amide bonds. The number of nitrogens with one attached hydrogen (secondary N) is 1. The number of hydrogen-bond donors (Lipinski definition) is 1. The molecule has 1 unspecified atom stereocenters. The van der Waals surface area contributed by atoms with Crippen LogP contribution in [-0.4, -0.2) is 60.4 Å².